The van der Waals surface area contributed by atoms with Crippen LogP contribution < -0.4 is 0 Å². The van der Waals surface area contributed by atoms with Gasteiger partial charge in [-0.15, -0.1) is 11.6 Å². The molecule has 0 amide bonds. The van der Waals surface area contributed by atoms with E-state index in [1.807, 2.05) is 6.07 Å². The number of rotatable bonds is 3. The molecule has 13 heavy (non-hydrogen) atoms. The zero-order valence-electron chi connectivity index (χ0n) is 6.94. The summed E-state index contributed by atoms with van der Waals surface area (Å²) < 4.78 is 4.76. The van der Waals surface area contributed by atoms with Crippen molar-refractivity contribution in [3.8, 4) is 0 Å². The molecule has 0 radical (unpaired) electrons. The first kappa shape index (κ1) is 9.81. The van der Waals surface area contributed by atoms with Crippen LogP contribution in [0.3, 0.4) is 0 Å². The minimum atomic E-state index is -0.373. The molecule has 0 fully saturated rings. The predicted molar refractivity (Wildman–Crippen MR) is 51.7 cm³/mol. The number of hydrogen-bond donors (Lipinski definition) is 0. The van der Waals surface area contributed by atoms with Gasteiger partial charge in [-0.25, -0.2) is 4.79 Å². The first-order chi connectivity index (χ1) is 6.34. The average molecular weight is 197 g/mol. The van der Waals surface area contributed by atoms with Gasteiger partial charge in [-0.2, -0.15) is 0 Å². The fourth-order valence-corrected chi connectivity index (χ4v) is 0.861. The Morgan fingerprint density at radius 3 is 2.69 bits per heavy atom. The molecule has 0 spiro atoms. The summed E-state index contributed by atoms with van der Waals surface area (Å²) in [5, 5.41) is 0. The van der Waals surface area contributed by atoms with Crippen LogP contribution in [-0.4, -0.2) is 11.8 Å². The van der Waals surface area contributed by atoms with Gasteiger partial charge in [-0.1, -0.05) is 18.2 Å². The number of hydrogen-bond acceptors (Lipinski definition) is 2. The summed E-state index contributed by atoms with van der Waals surface area (Å²) in [5.41, 5.74) is 0.529. The Labute approximate surface area is 81.8 Å². The van der Waals surface area contributed by atoms with Crippen LogP contribution in [0, 0.1) is 0 Å². The molecule has 3 heteroatoms. The van der Waals surface area contributed by atoms with Gasteiger partial charge in [-0.05, 0) is 18.2 Å². The van der Waals surface area contributed by atoms with Gasteiger partial charge >= 0.3 is 5.97 Å². The Hall–Kier alpha value is -1.28. The summed E-state index contributed by atoms with van der Waals surface area (Å²) in [6.45, 7) is 0. The fourth-order valence-electron chi connectivity index (χ4n) is 0.789. The number of carbonyl (C=O) groups is 1. The molecule has 0 heterocycles. The number of carbonyl (C=O) groups excluding carboxylic acids is 1. The van der Waals surface area contributed by atoms with Crippen molar-refractivity contribution in [3.05, 3.63) is 48.2 Å². The molecule has 0 atom stereocenters. The van der Waals surface area contributed by atoms with Gasteiger partial charge in [0.05, 0.1) is 11.8 Å². The van der Waals surface area contributed by atoms with Gasteiger partial charge in [-0.3, -0.25) is 0 Å². The molecule has 0 N–H and O–H groups in total. The zero-order valence-corrected chi connectivity index (χ0v) is 7.70. The lowest BCUT2D eigenvalue weighted by Gasteiger charge is -1.97. The zero-order chi connectivity index (χ0) is 9.52. The third-order valence-corrected chi connectivity index (χ3v) is 1.55. The van der Waals surface area contributed by atoms with E-state index in [4.69, 9.17) is 16.3 Å². The summed E-state index contributed by atoms with van der Waals surface area (Å²) in [6.07, 6.45) is 2.85. The Morgan fingerprint density at radius 2 is 2.08 bits per heavy atom. The quantitative estimate of drug-likeness (QED) is 0.422. The molecule has 0 aliphatic heterocycles. The monoisotopic (exact) mass is 196 g/mol. The largest absolute Gasteiger partial charge is 0.431 e. The van der Waals surface area contributed by atoms with Crippen molar-refractivity contribution in [1.29, 1.82) is 0 Å². The number of allylic oxidation sites excluding steroid dienone is 1. The molecule has 1 aromatic rings. The molecule has 0 aliphatic rings. The molecular weight excluding hydrogens is 188 g/mol. The van der Waals surface area contributed by atoms with Crippen molar-refractivity contribution in [2.24, 2.45) is 0 Å². The number of benzene rings is 1. The Morgan fingerprint density at radius 1 is 1.38 bits per heavy atom. The first-order valence-electron chi connectivity index (χ1n) is 3.81. The van der Waals surface area contributed by atoms with E-state index in [-0.39, 0.29) is 5.97 Å². The van der Waals surface area contributed by atoms with Crippen LogP contribution in [0.4, 0.5) is 0 Å². The molecule has 0 aliphatic carbocycles. The lowest BCUT2D eigenvalue weighted by Crippen LogP contribution is -1.99. The number of halogens is 1. The summed E-state index contributed by atoms with van der Waals surface area (Å²) >= 11 is 5.35. The van der Waals surface area contributed by atoms with E-state index in [9.17, 15) is 4.79 Å². The maximum absolute atomic E-state index is 11.2. The number of ether oxygens (including phenoxy) is 1. The number of alkyl halides is 1. The van der Waals surface area contributed by atoms with Gasteiger partial charge in [0.25, 0.3) is 0 Å². The highest BCUT2D eigenvalue weighted by Gasteiger charge is 2.02. The van der Waals surface area contributed by atoms with E-state index in [1.54, 1.807) is 30.3 Å². The van der Waals surface area contributed by atoms with Crippen molar-refractivity contribution in [1.82, 2.24) is 0 Å². The second kappa shape index (κ2) is 5.38. The van der Waals surface area contributed by atoms with Gasteiger partial charge in [0.1, 0.15) is 0 Å². The van der Waals surface area contributed by atoms with Crippen LogP contribution in [0.1, 0.15) is 10.4 Å². The third kappa shape index (κ3) is 3.30. The first-order valence-corrected chi connectivity index (χ1v) is 4.35. The standard InChI is InChI=1S/C10H9ClO2/c11-7-4-8-13-10(12)9-5-2-1-3-6-9/h1-6,8H,7H2. The minimum absolute atomic E-state index is 0.335. The van der Waals surface area contributed by atoms with E-state index < -0.39 is 0 Å². The van der Waals surface area contributed by atoms with Gasteiger partial charge in [0.15, 0.2) is 0 Å². The van der Waals surface area contributed by atoms with Crippen LogP contribution in [-0.2, 0) is 4.74 Å². The summed E-state index contributed by atoms with van der Waals surface area (Å²) in [7, 11) is 0. The second-order valence-corrected chi connectivity index (χ2v) is 2.61. The molecular formula is C10H9ClO2. The van der Waals surface area contributed by atoms with Crippen molar-refractivity contribution in [2.45, 2.75) is 0 Å². The highest BCUT2D eigenvalue weighted by Crippen LogP contribution is 2.00. The highest BCUT2D eigenvalue weighted by atomic mass is 35.5. The molecule has 1 aromatic carbocycles. The molecule has 0 saturated heterocycles. The normalized spacial score (nSPS) is 10.2. The average Bonchev–Trinajstić information content (AvgIpc) is 2.19. The van der Waals surface area contributed by atoms with Gasteiger partial charge in [0.2, 0.25) is 0 Å². The van der Waals surface area contributed by atoms with Crippen LogP contribution in [0.15, 0.2) is 42.7 Å². The maximum atomic E-state index is 11.2. The topological polar surface area (TPSA) is 26.3 Å². The fraction of sp³-hybridized carbons (Fsp3) is 0.100. The van der Waals surface area contributed by atoms with Gasteiger partial charge < -0.3 is 4.74 Å². The van der Waals surface area contributed by atoms with Crippen LogP contribution >= 0.6 is 11.6 Å². The lowest BCUT2D eigenvalue weighted by atomic mass is 10.2. The van der Waals surface area contributed by atoms with E-state index in [2.05, 4.69) is 0 Å². The highest BCUT2D eigenvalue weighted by molar-refractivity contribution is 6.18. The van der Waals surface area contributed by atoms with Crippen LogP contribution in [0.5, 0.6) is 0 Å². The predicted octanol–water partition coefficient (Wildman–Crippen LogP) is 2.60. The van der Waals surface area contributed by atoms with Crippen LogP contribution in [0.25, 0.3) is 0 Å². The van der Waals surface area contributed by atoms with Crippen molar-refractivity contribution < 1.29 is 9.53 Å². The van der Waals surface area contributed by atoms with E-state index in [0.29, 0.717) is 11.4 Å². The number of esters is 1. The smallest absolute Gasteiger partial charge is 0.342 e. The van der Waals surface area contributed by atoms with Gasteiger partial charge in [0, 0.05) is 5.88 Å². The van der Waals surface area contributed by atoms with E-state index in [0.717, 1.165) is 0 Å². The minimum Gasteiger partial charge on any atom is -0.431 e. The Bertz CT molecular complexity index is 293. The second-order valence-electron chi connectivity index (χ2n) is 2.30. The van der Waals surface area contributed by atoms with E-state index >= 15 is 0 Å². The van der Waals surface area contributed by atoms with Crippen molar-refractivity contribution in [2.75, 3.05) is 5.88 Å². The molecule has 0 bridgehead atoms. The molecule has 68 valence electrons. The van der Waals surface area contributed by atoms with Crippen molar-refractivity contribution in [3.63, 3.8) is 0 Å². The molecule has 2 nitrogen and oxygen atoms in total. The Kier molecular flexibility index (Phi) is 4.06. The molecule has 0 aromatic heterocycles. The summed E-state index contributed by atoms with van der Waals surface area (Å²) in [4.78, 5) is 11.2. The summed E-state index contributed by atoms with van der Waals surface area (Å²) in [5.74, 6) is -0.0378. The van der Waals surface area contributed by atoms with E-state index in [1.165, 1.54) is 6.26 Å². The molecule has 1 rings (SSSR count). The lowest BCUT2D eigenvalue weighted by molar-refractivity contribution is 0.0662. The molecule has 0 unspecified atom stereocenters. The van der Waals surface area contributed by atoms with Crippen molar-refractivity contribution >= 4 is 17.6 Å². The third-order valence-electron chi connectivity index (χ3n) is 1.37. The maximum Gasteiger partial charge on any atom is 0.342 e. The molecule has 0 saturated carbocycles. The van der Waals surface area contributed by atoms with Crippen LogP contribution in [0.2, 0.25) is 0 Å². The Balaban J connectivity index is 2.54. The summed E-state index contributed by atoms with van der Waals surface area (Å²) in [6, 6.07) is 8.78. The SMILES string of the molecule is O=C(OC=CCCl)c1ccccc1.